The van der Waals surface area contributed by atoms with E-state index in [4.69, 9.17) is 4.74 Å². The summed E-state index contributed by atoms with van der Waals surface area (Å²) in [7, 11) is 3.99. The second kappa shape index (κ2) is 11.1. The quantitative estimate of drug-likeness (QED) is 0.367. The van der Waals surface area contributed by atoms with Crippen molar-refractivity contribution in [1.29, 1.82) is 0 Å². The maximum absolute atomic E-state index is 5.63. The van der Waals surface area contributed by atoms with Gasteiger partial charge in [-0.25, -0.2) is 0 Å². The SMILES string of the molecule is CN=C(NCCOCC1CC1)NCCC(C)N(C)Cc1ccccc1. The summed E-state index contributed by atoms with van der Waals surface area (Å²) < 4.78 is 5.63. The summed E-state index contributed by atoms with van der Waals surface area (Å²) in [5.41, 5.74) is 1.36. The summed E-state index contributed by atoms with van der Waals surface area (Å²) in [4.78, 5) is 6.66. The van der Waals surface area contributed by atoms with Gasteiger partial charge in [-0.15, -0.1) is 0 Å². The molecule has 2 N–H and O–H groups in total. The first-order valence-corrected chi connectivity index (χ1v) is 9.45. The Morgan fingerprint density at radius 3 is 2.64 bits per heavy atom. The molecule has 1 aromatic rings. The number of benzene rings is 1. The fraction of sp³-hybridized carbons (Fsp3) is 0.650. The fourth-order valence-corrected chi connectivity index (χ4v) is 2.64. The van der Waals surface area contributed by atoms with E-state index in [0.29, 0.717) is 6.04 Å². The highest BCUT2D eigenvalue weighted by atomic mass is 16.5. The number of rotatable bonds is 11. The van der Waals surface area contributed by atoms with E-state index in [0.717, 1.165) is 51.1 Å². The molecule has 5 heteroatoms. The zero-order chi connectivity index (χ0) is 17.9. The van der Waals surface area contributed by atoms with Gasteiger partial charge in [0.05, 0.1) is 6.61 Å². The number of nitrogens with one attached hydrogen (secondary N) is 2. The molecule has 1 atom stereocenters. The highest BCUT2D eigenvalue weighted by molar-refractivity contribution is 5.79. The normalized spacial score (nSPS) is 16.1. The monoisotopic (exact) mass is 346 g/mol. The molecule has 1 aliphatic carbocycles. The van der Waals surface area contributed by atoms with Crippen LogP contribution < -0.4 is 10.6 Å². The van der Waals surface area contributed by atoms with Gasteiger partial charge < -0.3 is 15.4 Å². The molecule has 1 saturated carbocycles. The Labute approximate surface area is 152 Å². The Kier molecular flexibility index (Phi) is 8.77. The summed E-state index contributed by atoms with van der Waals surface area (Å²) >= 11 is 0. The third-order valence-electron chi connectivity index (χ3n) is 4.69. The molecule has 1 aromatic carbocycles. The average Bonchev–Trinajstić information content (AvgIpc) is 3.45. The van der Waals surface area contributed by atoms with Crippen molar-refractivity contribution in [3.8, 4) is 0 Å². The number of hydrogen-bond acceptors (Lipinski definition) is 3. The second-order valence-corrected chi connectivity index (χ2v) is 6.98. The molecule has 25 heavy (non-hydrogen) atoms. The molecule has 0 saturated heterocycles. The first-order chi connectivity index (χ1) is 12.2. The lowest BCUT2D eigenvalue weighted by Crippen LogP contribution is -2.41. The highest BCUT2D eigenvalue weighted by Crippen LogP contribution is 2.28. The van der Waals surface area contributed by atoms with Crippen LogP contribution in [0.25, 0.3) is 0 Å². The number of ether oxygens (including phenoxy) is 1. The lowest BCUT2D eigenvalue weighted by molar-refractivity contribution is 0.129. The highest BCUT2D eigenvalue weighted by Gasteiger charge is 2.20. The molecule has 140 valence electrons. The molecule has 0 aliphatic heterocycles. The zero-order valence-corrected chi connectivity index (χ0v) is 16.0. The number of hydrogen-bond donors (Lipinski definition) is 2. The average molecular weight is 347 g/mol. The van der Waals surface area contributed by atoms with Crippen molar-refractivity contribution >= 4 is 5.96 Å². The second-order valence-electron chi connectivity index (χ2n) is 6.98. The number of guanidine groups is 1. The van der Waals surface area contributed by atoms with Crippen LogP contribution in [0.2, 0.25) is 0 Å². The Morgan fingerprint density at radius 1 is 1.24 bits per heavy atom. The molecule has 0 amide bonds. The van der Waals surface area contributed by atoms with E-state index in [9.17, 15) is 0 Å². The third-order valence-corrected chi connectivity index (χ3v) is 4.69. The lowest BCUT2D eigenvalue weighted by atomic mass is 10.1. The lowest BCUT2D eigenvalue weighted by Gasteiger charge is -2.25. The van der Waals surface area contributed by atoms with E-state index in [1.807, 2.05) is 7.05 Å². The van der Waals surface area contributed by atoms with Crippen molar-refractivity contribution in [2.75, 3.05) is 40.4 Å². The van der Waals surface area contributed by atoms with Gasteiger partial charge in [-0.3, -0.25) is 9.89 Å². The van der Waals surface area contributed by atoms with Crippen LogP contribution in [-0.4, -0.2) is 57.3 Å². The van der Waals surface area contributed by atoms with Crippen molar-refractivity contribution < 1.29 is 4.74 Å². The maximum atomic E-state index is 5.63. The molecule has 2 rings (SSSR count). The van der Waals surface area contributed by atoms with E-state index in [-0.39, 0.29) is 0 Å². The minimum Gasteiger partial charge on any atom is -0.379 e. The predicted octanol–water partition coefficient (Wildman–Crippen LogP) is 2.49. The molecule has 1 unspecified atom stereocenters. The topological polar surface area (TPSA) is 48.9 Å². The standard InChI is InChI=1S/C20H34N4O/c1-17(24(3)15-18-7-5-4-6-8-18)11-12-22-20(21-2)23-13-14-25-16-19-9-10-19/h4-8,17,19H,9-16H2,1-3H3,(H2,21,22,23). The predicted molar refractivity (Wildman–Crippen MR) is 105 cm³/mol. The zero-order valence-electron chi connectivity index (χ0n) is 16.0. The molecule has 0 spiro atoms. The van der Waals surface area contributed by atoms with Crippen LogP contribution in [0.4, 0.5) is 0 Å². The first kappa shape index (κ1) is 19.7. The number of nitrogens with zero attached hydrogens (tertiary/aromatic N) is 2. The first-order valence-electron chi connectivity index (χ1n) is 9.45. The van der Waals surface area contributed by atoms with Crippen molar-refractivity contribution in [2.45, 2.75) is 38.8 Å². The summed E-state index contributed by atoms with van der Waals surface area (Å²) in [6.07, 6.45) is 3.75. The van der Waals surface area contributed by atoms with Gasteiger partial charge in [0.1, 0.15) is 0 Å². The molecular formula is C20H34N4O. The molecule has 0 bridgehead atoms. The van der Waals surface area contributed by atoms with Gasteiger partial charge in [-0.2, -0.15) is 0 Å². The van der Waals surface area contributed by atoms with Gasteiger partial charge in [0.15, 0.2) is 5.96 Å². The molecule has 0 aromatic heterocycles. The Morgan fingerprint density at radius 2 is 1.96 bits per heavy atom. The van der Waals surface area contributed by atoms with Crippen LogP contribution in [0, 0.1) is 5.92 Å². The van der Waals surface area contributed by atoms with Gasteiger partial charge >= 0.3 is 0 Å². The van der Waals surface area contributed by atoms with Gasteiger partial charge in [0.2, 0.25) is 0 Å². The van der Waals surface area contributed by atoms with Crippen molar-refractivity contribution in [1.82, 2.24) is 15.5 Å². The summed E-state index contributed by atoms with van der Waals surface area (Å²) in [6, 6.07) is 11.1. The molecular weight excluding hydrogens is 312 g/mol. The fourth-order valence-electron chi connectivity index (χ4n) is 2.64. The summed E-state index contributed by atoms with van der Waals surface area (Å²) in [5.74, 6) is 1.68. The van der Waals surface area contributed by atoms with Gasteiger partial charge in [-0.05, 0) is 44.7 Å². The summed E-state index contributed by atoms with van der Waals surface area (Å²) in [5, 5.41) is 6.69. The summed E-state index contributed by atoms with van der Waals surface area (Å²) in [6.45, 7) is 6.62. The Hall–Kier alpha value is -1.59. The van der Waals surface area contributed by atoms with E-state index < -0.39 is 0 Å². The molecule has 5 nitrogen and oxygen atoms in total. The van der Waals surface area contributed by atoms with Crippen LogP contribution in [0.1, 0.15) is 31.7 Å². The van der Waals surface area contributed by atoms with Crippen LogP contribution >= 0.6 is 0 Å². The van der Waals surface area contributed by atoms with Gasteiger partial charge in [0.25, 0.3) is 0 Å². The van der Waals surface area contributed by atoms with Crippen molar-refractivity contribution in [3.63, 3.8) is 0 Å². The van der Waals surface area contributed by atoms with Crippen molar-refractivity contribution in [3.05, 3.63) is 35.9 Å². The minimum absolute atomic E-state index is 0.507. The number of aliphatic imine (C=N–C) groups is 1. The smallest absolute Gasteiger partial charge is 0.191 e. The van der Waals surface area contributed by atoms with Crippen LogP contribution in [0.15, 0.2) is 35.3 Å². The Bertz CT molecular complexity index is 502. The largest absolute Gasteiger partial charge is 0.379 e. The van der Waals surface area contributed by atoms with Gasteiger partial charge in [0, 0.05) is 39.3 Å². The van der Waals surface area contributed by atoms with Crippen LogP contribution in [0.5, 0.6) is 0 Å². The van der Waals surface area contributed by atoms with E-state index in [1.165, 1.54) is 18.4 Å². The van der Waals surface area contributed by atoms with E-state index in [1.54, 1.807) is 0 Å². The van der Waals surface area contributed by atoms with E-state index >= 15 is 0 Å². The molecule has 0 radical (unpaired) electrons. The van der Waals surface area contributed by atoms with Gasteiger partial charge in [-0.1, -0.05) is 30.3 Å². The molecule has 1 aliphatic rings. The Balaban J connectivity index is 1.55. The third kappa shape index (κ3) is 8.36. The molecule has 0 heterocycles. The van der Waals surface area contributed by atoms with Crippen LogP contribution in [-0.2, 0) is 11.3 Å². The van der Waals surface area contributed by atoms with Crippen molar-refractivity contribution in [2.24, 2.45) is 10.9 Å². The maximum Gasteiger partial charge on any atom is 0.191 e. The van der Waals surface area contributed by atoms with Crippen LogP contribution in [0.3, 0.4) is 0 Å². The minimum atomic E-state index is 0.507. The van der Waals surface area contributed by atoms with E-state index in [2.05, 4.69) is 64.8 Å². The molecule has 1 fully saturated rings.